The molecule has 3 heterocycles. The third-order valence-corrected chi connectivity index (χ3v) is 7.70. The number of aliphatic hydroxyl groups is 1. The number of fused-ring (bicyclic) bond motifs is 5. The van der Waals surface area contributed by atoms with Crippen LogP contribution in [0.2, 0.25) is 10.3 Å². The zero-order chi connectivity index (χ0) is 21.4. The summed E-state index contributed by atoms with van der Waals surface area (Å²) in [5.41, 5.74) is 2.77. The Labute approximate surface area is 185 Å². The second-order valence-corrected chi connectivity index (χ2v) is 9.75. The van der Waals surface area contributed by atoms with Crippen LogP contribution in [0.15, 0.2) is 36.1 Å². The van der Waals surface area contributed by atoms with E-state index in [4.69, 9.17) is 27.9 Å². The number of aliphatic hydroxyl groups excluding tert-OH is 1. The fourth-order valence-electron chi connectivity index (χ4n) is 5.77. The maximum Gasteiger partial charge on any atom is 0.173 e. The predicted octanol–water partition coefficient (Wildman–Crippen LogP) is 6.04. The van der Waals surface area contributed by atoms with E-state index in [1.54, 1.807) is 6.07 Å². The molecule has 0 saturated carbocycles. The molecule has 0 radical (unpaired) electrons. The third kappa shape index (κ3) is 2.63. The summed E-state index contributed by atoms with van der Waals surface area (Å²) in [4.78, 5) is 17.7. The van der Waals surface area contributed by atoms with Crippen molar-refractivity contribution in [3.8, 4) is 11.1 Å². The summed E-state index contributed by atoms with van der Waals surface area (Å²) in [5, 5.41) is 11.9. The number of Topliss-reactive ketones (excluding diaryl/α,β-unsaturated/α-hetero) is 1. The molecule has 2 bridgehead atoms. The fraction of sp³-hybridized carbons (Fsp3) is 0.417. The van der Waals surface area contributed by atoms with Crippen LogP contribution in [0.5, 0.6) is 0 Å². The van der Waals surface area contributed by atoms with Crippen LogP contribution in [0.1, 0.15) is 44.7 Å². The Hall–Kier alpha value is -1.88. The number of carbonyl (C=O) groups excluding carboxylic acids is 1. The molecule has 1 aromatic carbocycles. The number of nitrogens with zero attached hydrogens (tertiary/aromatic N) is 1. The number of ketones is 1. The van der Waals surface area contributed by atoms with Gasteiger partial charge in [0, 0.05) is 5.56 Å². The number of aromatic nitrogens is 1. The maximum atomic E-state index is 13.6. The summed E-state index contributed by atoms with van der Waals surface area (Å²) in [6.45, 7) is 6.07. The monoisotopic (exact) mass is 443 g/mol. The van der Waals surface area contributed by atoms with Crippen molar-refractivity contribution in [3.63, 3.8) is 0 Å². The highest BCUT2D eigenvalue weighted by Gasteiger charge is 2.69. The highest BCUT2D eigenvalue weighted by molar-refractivity contribution is 6.34. The van der Waals surface area contributed by atoms with Gasteiger partial charge < -0.3 is 9.84 Å². The smallest absolute Gasteiger partial charge is 0.173 e. The van der Waals surface area contributed by atoms with Crippen molar-refractivity contribution in [2.75, 3.05) is 0 Å². The van der Waals surface area contributed by atoms with Gasteiger partial charge in [-0.3, -0.25) is 4.79 Å². The summed E-state index contributed by atoms with van der Waals surface area (Å²) in [6, 6.07) is 9.40. The molecule has 1 N–H and O–H groups in total. The lowest BCUT2D eigenvalue weighted by Gasteiger charge is -2.30. The van der Waals surface area contributed by atoms with Crippen molar-refractivity contribution < 1.29 is 14.6 Å². The molecule has 0 amide bonds. The Kier molecular flexibility index (Phi) is 4.38. The van der Waals surface area contributed by atoms with Crippen molar-refractivity contribution in [1.29, 1.82) is 0 Å². The Bertz CT molecular complexity index is 1130. The molecule has 1 unspecified atom stereocenters. The van der Waals surface area contributed by atoms with E-state index in [-0.39, 0.29) is 23.4 Å². The number of allylic oxidation sites excluding steroid dienone is 1. The minimum atomic E-state index is -0.514. The van der Waals surface area contributed by atoms with Crippen LogP contribution in [0.25, 0.3) is 16.7 Å². The van der Waals surface area contributed by atoms with Gasteiger partial charge in [0.25, 0.3) is 0 Å². The average Bonchev–Trinajstić information content (AvgIpc) is 3.25. The van der Waals surface area contributed by atoms with Crippen LogP contribution in [0, 0.1) is 11.8 Å². The number of carbonyl (C=O) groups is 1. The number of aryl methyl sites for hydroxylation is 1. The van der Waals surface area contributed by atoms with Gasteiger partial charge in [-0.1, -0.05) is 42.3 Å². The third-order valence-electron chi connectivity index (χ3n) is 7.20. The molecule has 2 fully saturated rings. The molecule has 0 spiro atoms. The number of hydrogen-bond acceptors (Lipinski definition) is 4. The molecule has 1 aliphatic carbocycles. The van der Waals surface area contributed by atoms with Gasteiger partial charge in [-0.2, -0.15) is 0 Å². The number of benzene rings is 1. The average molecular weight is 444 g/mol. The molecule has 2 aromatic rings. The second kappa shape index (κ2) is 6.56. The summed E-state index contributed by atoms with van der Waals surface area (Å²) in [6.07, 6.45) is 2.43. The molecule has 156 valence electrons. The van der Waals surface area contributed by atoms with Crippen molar-refractivity contribution in [1.82, 2.24) is 4.98 Å². The minimum Gasteiger partial charge on any atom is -0.511 e. The molecular weight excluding hydrogens is 421 g/mol. The first kappa shape index (κ1) is 20.0. The van der Waals surface area contributed by atoms with Gasteiger partial charge in [-0.15, -0.1) is 0 Å². The quantitative estimate of drug-likeness (QED) is 0.586. The molecule has 1 aromatic heterocycles. The number of rotatable bonds is 3. The first-order chi connectivity index (χ1) is 14.2. The lowest BCUT2D eigenvalue weighted by atomic mass is 9.68. The summed E-state index contributed by atoms with van der Waals surface area (Å²) < 4.78 is 6.26. The largest absolute Gasteiger partial charge is 0.511 e. The Morgan fingerprint density at radius 1 is 1.10 bits per heavy atom. The standard InChI is InChI=1S/C24H23Cl2NO3/c1-4-12-5-6-13(14-7-8-16(25)27-22(14)26)11-15(12)17-20(28)18-19(21(17)29)24(3)10-9-23(18,2)30-24/h5-8,11,18-19,28H,4,9-10H2,1-3H3/t18-,19+,23?,24+/m0/s1. The summed E-state index contributed by atoms with van der Waals surface area (Å²) in [5.74, 6) is -0.466. The Balaban J connectivity index is 1.67. The minimum absolute atomic E-state index is 0.0180. The lowest BCUT2D eigenvalue weighted by Crippen LogP contribution is -2.39. The molecule has 5 rings (SSSR count). The van der Waals surface area contributed by atoms with Gasteiger partial charge in [0.05, 0.1) is 28.6 Å². The molecule has 30 heavy (non-hydrogen) atoms. The number of ether oxygens (including phenoxy) is 1. The molecule has 3 aliphatic rings. The maximum absolute atomic E-state index is 13.6. The molecule has 4 atom stereocenters. The van der Waals surface area contributed by atoms with E-state index in [0.717, 1.165) is 41.5 Å². The van der Waals surface area contributed by atoms with E-state index in [1.165, 1.54) is 0 Å². The molecule has 6 heteroatoms. The highest BCUT2D eigenvalue weighted by atomic mass is 35.5. The number of halogens is 2. The van der Waals surface area contributed by atoms with Crippen LogP contribution in [-0.2, 0) is 16.0 Å². The van der Waals surface area contributed by atoms with Crippen LogP contribution < -0.4 is 0 Å². The van der Waals surface area contributed by atoms with Crippen LogP contribution in [-0.4, -0.2) is 27.1 Å². The van der Waals surface area contributed by atoms with E-state index in [0.29, 0.717) is 15.9 Å². The Morgan fingerprint density at radius 2 is 1.80 bits per heavy atom. The normalized spacial score (nSPS) is 32.2. The van der Waals surface area contributed by atoms with E-state index in [9.17, 15) is 9.90 Å². The van der Waals surface area contributed by atoms with E-state index in [1.807, 2.05) is 45.0 Å². The lowest BCUT2D eigenvalue weighted by molar-refractivity contribution is -0.121. The van der Waals surface area contributed by atoms with E-state index < -0.39 is 11.2 Å². The van der Waals surface area contributed by atoms with Gasteiger partial charge in [0.1, 0.15) is 16.1 Å². The second-order valence-electron chi connectivity index (χ2n) is 9.01. The van der Waals surface area contributed by atoms with Crippen molar-refractivity contribution in [3.05, 3.63) is 57.5 Å². The SMILES string of the molecule is CCc1ccc(-c2ccc(Cl)nc2Cl)cc1C1=C(O)[C@@H]2[C@H](C1=O)[C@@]1(C)CCC2(C)O1. The van der Waals surface area contributed by atoms with E-state index >= 15 is 0 Å². The molecule has 2 aliphatic heterocycles. The van der Waals surface area contributed by atoms with Gasteiger partial charge in [0.2, 0.25) is 0 Å². The van der Waals surface area contributed by atoms with Crippen molar-refractivity contribution in [2.45, 2.75) is 51.2 Å². The summed E-state index contributed by atoms with van der Waals surface area (Å²) >= 11 is 12.3. The predicted molar refractivity (Wildman–Crippen MR) is 118 cm³/mol. The Morgan fingerprint density at radius 3 is 2.43 bits per heavy atom. The van der Waals surface area contributed by atoms with Crippen LogP contribution in [0.4, 0.5) is 0 Å². The highest BCUT2D eigenvalue weighted by Crippen LogP contribution is 2.63. The van der Waals surface area contributed by atoms with Crippen LogP contribution in [0.3, 0.4) is 0 Å². The first-order valence-electron chi connectivity index (χ1n) is 10.3. The van der Waals surface area contributed by atoms with Gasteiger partial charge in [0.15, 0.2) is 5.78 Å². The van der Waals surface area contributed by atoms with Crippen LogP contribution >= 0.6 is 23.2 Å². The zero-order valence-electron chi connectivity index (χ0n) is 17.1. The molecular formula is C24H23Cl2NO3. The van der Waals surface area contributed by atoms with Gasteiger partial charge in [-0.05, 0) is 68.0 Å². The van der Waals surface area contributed by atoms with Gasteiger partial charge in [-0.25, -0.2) is 4.98 Å². The first-order valence-corrected chi connectivity index (χ1v) is 11.1. The zero-order valence-corrected chi connectivity index (χ0v) is 18.6. The molecule has 4 nitrogen and oxygen atoms in total. The number of pyridine rings is 1. The number of hydrogen-bond donors (Lipinski definition) is 1. The van der Waals surface area contributed by atoms with Gasteiger partial charge >= 0.3 is 0 Å². The fourth-order valence-corrected chi connectivity index (χ4v) is 6.22. The van der Waals surface area contributed by atoms with Crippen molar-refractivity contribution in [2.24, 2.45) is 11.8 Å². The summed E-state index contributed by atoms with van der Waals surface area (Å²) in [7, 11) is 0. The topological polar surface area (TPSA) is 59.4 Å². The van der Waals surface area contributed by atoms with E-state index in [2.05, 4.69) is 4.98 Å². The van der Waals surface area contributed by atoms with Crippen molar-refractivity contribution >= 4 is 34.6 Å². The molecule has 2 saturated heterocycles.